The molecule has 0 radical (unpaired) electrons. The topological polar surface area (TPSA) is 86.7 Å². The standard InChI is InChI=1S/C19H19ClFN5O/c20-11-4-12-13(6-23-17(12)22-5-11)18-24-7-15(21)19(26-18)25-16-10-2-1-9(3-10)14(16)8-27/h4-7,9-10,14,16,27H,1-3,8H2,(H,22,23)(H,24,25,26)/t9?,10?,14-,16+/m0/s1. The van der Waals surface area contributed by atoms with Crippen LogP contribution < -0.4 is 5.32 Å². The molecule has 2 saturated carbocycles. The second kappa shape index (κ2) is 6.42. The van der Waals surface area contributed by atoms with Gasteiger partial charge in [0.1, 0.15) is 5.65 Å². The number of aromatic amines is 1. The number of fused-ring (bicyclic) bond motifs is 3. The fourth-order valence-corrected chi connectivity index (χ4v) is 4.97. The Kier molecular flexibility index (Phi) is 4.02. The van der Waals surface area contributed by atoms with E-state index in [9.17, 15) is 9.50 Å². The van der Waals surface area contributed by atoms with Crippen molar-refractivity contribution in [1.29, 1.82) is 0 Å². The first kappa shape index (κ1) is 16.9. The molecule has 3 aromatic rings. The zero-order chi connectivity index (χ0) is 18.5. The monoisotopic (exact) mass is 387 g/mol. The van der Waals surface area contributed by atoms with Gasteiger partial charge >= 0.3 is 0 Å². The SMILES string of the molecule is OC[C@H]1C2CCC(C2)[C@H]1Nc1nc(-c2c[nH]c3ncc(Cl)cc23)ncc1F. The van der Waals surface area contributed by atoms with E-state index in [-0.39, 0.29) is 24.4 Å². The number of hydrogen-bond acceptors (Lipinski definition) is 5. The second-order valence-corrected chi connectivity index (χ2v) is 7.93. The quantitative estimate of drug-likeness (QED) is 0.636. The molecule has 27 heavy (non-hydrogen) atoms. The highest BCUT2D eigenvalue weighted by molar-refractivity contribution is 6.31. The Morgan fingerprint density at radius 3 is 2.96 bits per heavy atom. The molecule has 5 rings (SSSR count). The van der Waals surface area contributed by atoms with E-state index < -0.39 is 5.82 Å². The summed E-state index contributed by atoms with van der Waals surface area (Å²) in [6.07, 6.45) is 7.85. The van der Waals surface area contributed by atoms with Crippen LogP contribution in [-0.4, -0.2) is 37.7 Å². The highest BCUT2D eigenvalue weighted by atomic mass is 35.5. The molecule has 2 bridgehead atoms. The van der Waals surface area contributed by atoms with Gasteiger partial charge in [0.15, 0.2) is 17.5 Å². The molecule has 140 valence electrons. The van der Waals surface area contributed by atoms with Crippen molar-refractivity contribution in [3.8, 4) is 11.4 Å². The number of pyridine rings is 1. The Morgan fingerprint density at radius 1 is 1.26 bits per heavy atom. The van der Waals surface area contributed by atoms with Crippen molar-refractivity contribution in [1.82, 2.24) is 19.9 Å². The molecule has 0 spiro atoms. The molecule has 0 amide bonds. The Morgan fingerprint density at radius 2 is 2.11 bits per heavy atom. The van der Waals surface area contributed by atoms with Crippen LogP contribution in [0.15, 0.2) is 24.7 Å². The first-order valence-corrected chi connectivity index (χ1v) is 9.54. The normalized spacial score (nSPS) is 26.8. The van der Waals surface area contributed by atoms with E-state index in [1.807, 2.05) is 0 Å². The van der Waals surface area contributed by atoms with Crippen molar-refractivity contribution < 1.29 is 9.50 Å². The summed E-state index contributed by atoms with van der Waals surface area (Å²) in [5, 5.41) is 14.3. The number of nitrogens with one attached hydrogen (secondary N) is 2. The van der Waals surface area contributed by atoms with E-state index in [1.54, 1.807) is 18.5 Å². The minimum atomic E-state index is -0.491. The Labute approximate surface area is 160 Å². The number of hydrogen-bond donors (Lipinski definition) is 3. The van der Waals surface area contributed by atoms with E-state index in [0.29, 0.717) is 28.3 Å². The average Bonchev–Trinajstić information content (AvgIpc) is 3.37. The zero-order valence-corrected chi connectivity index (χ0v) is 15.2. The predicted molar refractivity (Wildman–Crippen MR) is 101 cm³/mol. The molecular formula is C19H19ClFN5O. The Bertz CT molecular complexity index is 1010. The van der Waals surface area contributed by atoms with Crippen LogP contribution in [0, 0.1) is 23.6 Å². The van der Waals surface area contributed by atoms with Crippen LogP contribution in [0.25, 0.3) is 22.4 Å². The molecule has 6 nitrogen and oxygen atoms in total. The molecule has 8 heteroatoms. The number of nitrogens with zero attached hydrogens (tertiary/aromatic N) is 3. The van der Waals surface area contributed by atoms with E-state index >= 15 is 0 Å². The average molecular weight is 388 g/mol. The molecule has 3 aromatic heterocycles. The van der Waals surface area contributed by atoms with Crippen molar-refractivity contribution in [3.05, 3.63) is 35.5 Å². The van der Waals surface area contributed by atoms with Crippen LogP contribution >= 0.6 is 11.6 Å². The van der Waals surface area contributed by atoms with E-state index in [1.165, 1.54) is 6.20 Å². The summed E-state index contributed by atoms with van der Waals surface area (Å²) in [6.45, 7) is 0.116. The lowest BCUT2D eigenvalue weighted by Crippen LogP contribution is -2.37. The third-order valence-corrected chi connectivity index (χ3v) is 6.29. The molecule has 4 atom stereocenters. The van der Waals surface area contributed by atoms with Gasteiger partial charge in [0.05, 0.1) is 11.2 Å². The lowest BCUT2D eigenvalue weighted by atomic mass is 9.85. The molecule has 0 aliphatic heterocycles. The highest BCUT2D eigenvalue weighted by Crippen LogP contribution is 2.49. The van der Waals surface area contributed by atoms with Crippen LogP contribution in [0.2, 0.25) is 5.02 Å². The van der Waals surface area contributed by atoms with Crippen molar-refractivity contribution in [2.45, 2.75) is 25.3 Å². The third kappa shape index (κ3) is 2.76. The fraction of sp³-hybridized carbons (Fsp3) is 0.421. The minimum Gasteiger partial charge on any atom is -0.396 e. The van der Waals surface area contributed by atoms with Gasteiger partial charge in [-0.1, -0.05) is 11.6 Å². The molecule has 2 aliphatic rings. The van der Waals surface area contributed by atoms with Gasteiger partial charge in [-0.05, 0) is 37.2 Å². The van der Waals surface area contributed by atoms with Crippen molar-refractivity contribution in [2.24, 2.45) is 17.8 Å². The summed E-state index contributed by atoms with van der Waals surface area (Å²) in [7, 11) is 0. The van der Waals surface area contributed by atoms with Gasteiger partial charge < -0.3 is 15.4 Å². The lowest BCUT2D eigenvalue weighted by molar-refractivity contribution is 0.166. The minimum absolute atomic E-state index is 0.0464. The number of aliphatic hydroxyl groups is 1. The van der Waals surface area contributed by atoms with Crippen LogP contribution in [0.1, 0.15) is 19.3 Å². The van der Waals surface area contributed by atoms with Gasteiger partial charge in [-0.25, -0.2) is 19.3 Å². The number of aromatic nitrogens is 4. The van der Waals surface area contributed by atoms with Gasteiger partial charge in [-0.2, -0.15) is 0 Å². The van der Waals surface area contributed by atoms with E-state index in [2.05, 4.69) is 25.3 Å². The molecule has 0 aromatic carbocycles. The Balaban J connectivity index is 1.50. The number of aliphatic hydroxyl groups excluding tert-OH is 1. The number of H-pyrrole nitrogens is 1. The summed E-state index contributed by atoms with van der Waals surface area (Å²) in [6, 6.07) is 1.83. The molecule has 2 unspecified atom stereocenters. The third-order valence-electron chi connectivity index (χ3n) is 6.09. The maximum atomic E-state index is 14.4. The van der Waals surface area contributed by atoms with Crippen LogP contribution in [0.5, 0.6) is 0 Å². The smallest absolute Gasteiger partial charge is 0.183 e. The van der Waals surface area contributed by atoms with Crippen molar-refractivity contribution in [2.75, 3.05) is 11.9 Å². The van der Waals surface area contributed by atoms with Crippen molar-refractivity contribution in [3.63, 3.8) is 0 Å². The number of halogens is 2. The van der Waals surface area contributed by atoms with E-state index in [0.717, 1.165) is 30.2 Å². The molecular weight excluding hydrogens is 369 g/mol. The lowest BCUT2D eigenvalue weighted by Gasteiger charge is -2.30. The summed E-state index contributed by atoms with van der Waals surface area (Å²) < 4.78 is 14.4. The Hall–Kier alpha value is -2.25. The summed E-state index contributed by atoms with van der Waals surface area (Å²) >= 11 is 6.06. The maximum Gasteiger partial charge on any atom is 0.183 e. The second-order valence-electron chi connectivity index (χ2n) is 7.49. The number of anilines is 1. The van der Waals surface area contributed by atoms with Gasteiger partial charge in [0, 0.05) is 41.9 Å². The highest BCUT2D eigenvalue weighted by Gasteiger charge is 2.47. The molecule has 2 fully saturated rings. The molecule has 3 N–H and O–H groups in total. The van der Waals surface area contributed by atoms with Crippen LogP contribution in [-0.2, 0) is 0 Å². The van der Waals surface area contributed by atoms with Crippen LogP contribution in [0.4, 0.5) is 10.2 Å². The summed E-state index contributed by atoms with van der Waals surface area (Å²) in [5.74, 6) is 1.22. The van der Waals surface area contributed by atoms with Crippen molar-refractivity contribution >= 4 is 28.5 Å². The molecule has 2 aliphatic carbocycles. The first-order chi connectivity index (χ1) is 13.1. The molecule has 3 heterocycles. The van der Waals surface area contributed by atoms with E-state index in [4.69, 9.17) is 11.6 Å². The summed E-state index contributed by atoms with van der Waals surface area (Å²) in [5.41, 5.74) is 1.39. The van der Waals surface area contributed by atoms with Gasteiger partial charge in [-0.15, -0.1) is 0 Å². The fourth-order valence-electron chi connectivity index (χ4n) is 4.82. The van der Waals surface area contributed by atoms with Gasteiger partial charge in [0.25, 0.3) is 0 Å². The largest absolute Gasteiger partial charge is 0.396 e. The van der Waals surface area contributed by atoms with Gasteiger partial charge in [0.2, 0.25) is 0 Å². The number of rotatable bonds is 4. The maximum absolute atomic E-state index is 14.4. The first-order valence-electron chi connectivity index (χ1n) is 9.17. The zero-order valence-electron chi connectivity index (χ0n) is 14.5. The molecule has 0 saturated heterocycles. The summed E-state index contributed by atoms with van der Waals surface area (Å²) in [4.78, 5) is 15.9. The van der Waals surface area contributed by atoms with Gasteiger partial charge in [-0.3, -0.25) is 0 Å². The van der Waals surface area contributed by atoms with Crippen LogP contribution in [0.3, 0.4) is 0 Å². The predicted octanol–water partition coefficient (Wildman–Crippen LogP) is 3.63.